The molecule has 128 valence electrons. The van der Waals surface area contributed by atoms with Gasteiger partial charge < -0.3 is 9.47 Å². The van der Waals surface area contributed by atoms with Gasteiger partial charge in [-0.1, -0.05) is 11.6 Å². The Morgan fingerprint density at radius 3 is 2.96 bits per heavy atom. The quantitative estimate of drug-likeness (QED) is 0.834. The van der Waals surface area contributed by atoms with Crippen molar-refractivity contribution in [3.63, 3.8) is 0 Å². The van der Waals surface area contributed by atoms with Gasteiger partial charge in [0.05, 0.1) is 5.56 Å². The maximum absolute atomic E-state index is 14.1. The molecule has 1 atom stereocenters. The number of hydrogen-bond donors (Lipinski definition) is 0. The minimum absolute atomic E-state index is 0.102. The van der Waals surface area contributed by atoms with E-state index in [9.17, 15) is 9.18 Å². The number of hydrogen-bond acceptors (Lipinski definition) is 2. The summed E-state index contributed by atoms with van der Waals surface area (Å²) < 4.78 is 16.2. The average Bonchev–Trinajstić information content (AvgIpc) is 2.98. The summed E-state index contributed by atoms with van der Waals surface area (Å²) in [5, 5.41) is 0.301. The van der Waals surface area contributed by atoms with Crippen LogP contribution in [0.1, 0.15) is 41.9 Å². The first kappa shape index (κ1) is 17.0. The molecule has 4 nitrogen and oxygen atoms in total. The van der Waals surface area contributed by atoms with Crippen LogP contribution in [0.4, 0.5) is 4.39 Å². The van der Waals surface area contributed by atoms with Crippen LogP contribution in [-0.2, 0) is 6.54 Å². The summed E-state index contributed by atoms with van der Waals surface area (Å²) in [6.45, 7) is 3.45. The topological polar surface area (TPSA) is 38.1 Å². The summed E-state index contributed by atoms with van der Waals surface area (Å²) in [6.07, 6.45) is 7.58. The van der Waals surface area contributed by atoms with Crippen LogP contribution in [0.3, 0.4) is 0 Å². The lowest BCUT2D eigenvalue weighted by Crippen LogP contribution is -2.44. The molecule has 1 amide bonds. The summed E-state index contributed by atoms with van der Waals surface area (Å²) in [7, 11) is 0. The number of rotatable bonds is 4. The van der Waals surface area contributed by atoms with Gasteiger partial charge in [0.15, 0.2) is 0 Å². The van der Waals surface area contributed by atoms with Crippen molar-refractivity contribution in [2.24, 2.45) is 0 Å². The van der Waals surface area contributed by atoms with Crippen LogP contribution in [0, 0.1) is 12.7 Å². The van der Waals surface area contributed by atoms with Crippen molar-refractivity contribution in [3.05, 3.63) is 52.8 Å². The van der Waals surface area contributed by atoms with E-state index >= 15 is 0 Å². The molecule has 0 aliphatic carbocycles. The third kappa shape index (κ3) is 3.61. The highest BCUT2D eigenvalue weighted by Gasteiger charge is 2.28. The van der Waals surface area contributed by atoms with E-state index < -0.39 is 5.82 Å². The molecule has 2 heterocycles. The molecule has 1 aromatic heterocycles. The van der Waals surface area contributed by atoms with E-state index in [1.54, 1.807) is 12.3 Å². The molecule has 1 fully saturated rings. The fourth-order valence-corrected chi connectivity index (χ4v) is 3.47. The van der Waals surface area contributed by atoms with Crippen molar-refractivity contribution >= 4 is 17.5 Å². The molecule has 0 N–H and O–H groups in total. The van der Waals surface area contributed by atoms with E-state index in [4.69, 9.17) is 11.6 Å². The summed E-state index contributed by atoms with van der Waals surface area (Å²) in [6, 6.07) is 4.36. The van der Waals surface area contributed by atoms with Gasteiger partial charge >= 0.3 is 0 Å². The fourth-order valence-electron chi connectivity index (χ4n) is 3.31. The largest absolute Gasteiger partial charge is 0.336 e. The number of likely N-dealkylation sites (tertiary alicyclic amines) is 1. The minimum Gasteiger partial charge on any atom is -0.336 e. The van der Waals surface area contributed by atoms with Crippen molar-refractivity contribution in [1.82, 2.24) is 14.5 Å². The van der Waals surface area contributed by atoms with E-state index in [0.29, 0.717) is 11.6 Å². The van der Waals surface area contributed by atoms with E-state index in [1.165, 1.54) is 12.1 Å². The SMILES string of the molecule is Cc1nccn1CC[C@H]1CCCCN1C(=O)c1ccc(Cl)cc1F. The first-order chi connectivity index (χ1) is 11.6. The van der Waals surface area contributed by atoms with E-state index in [2.05, 4.69) is 9.55 Å². The van der Waals surface area contributed by atoms with Gasteiger partial charge in [0.25, 0.3) is 5.91 Å². The zero-order valence-corrected chi connectivity index (χ0v) is 14.5. The second kappa shape index (κ2) is 7.34. The van der Waals surface area contributed by atoms with Gasteiger partial charge in [-0.2, -0.15) is 0 Å². The molecule has 0 bridgehead atoms. The number of carbonyl (C=O) groups is 1. The lowest BCUT2D eigenvalue weighted by atomic mass is 9.98. The highest BCUT2D eigenvalue weighted by molar-refractivity contribution is 6.30. The molecule has 24 heavy (non-hydrogen) atoms. The smallest absolute Gasteiger partial charge is 0.257 e. The molecule has 0 saturated carbocycles. The number of halogens is 2. The maximum atomic E-state index is 14.1. The maximum Gasteiger partial charge on any atom is 0.257 e. The molecule has 6 heteroatoms. The standard InChI is InChI=1S/C18H21ClFN3O/c1-13-21-8-11-22(13)10-7-15-4-2-3-9-23(15)18(24)16-6-5-14(19)12-17(16)20/h5-6,8,11-12,15H,2-4,7,9-10H2,1H3/t15-/m1/s1. The van der Waals surface area contributed by atoms with Crippen LogP contribution in [0.25, 0.3) is 0 Å². The molecule has 0 unspecified atom stereocenters. The second-order valence-corrected chi connectivity index (χ2v) is 6.67. The van der Waals surface area contributed by atoms with Gasteiger partial charge in [-0.05, 0) is 50.8 Å². The molecule has 1 aliphatic rings. The third-order valence-electron chi connectivity index (χ3n) is 4.68. The van der Waals surface area contributed by atoms with Crippen molar-refractivity contribution < 1.29 is 9.18 Å². The van der Waals surface area contributed by atoms with Crippen LogP contribution >= 0.6 is 11.6 Å². The number of aryl methyl sites for hydroxylation is 2. The number of piperidine rings is 1. The Balaban J connectivity index is 1.74. The van der Waals surface area contributed by atoms with Crippen LogP contribution in [0.5, 0.6) is 0 Å². The first-order valence-corrected chi connectivity index (χ1v) is 8.68. The number of imidazole rings is 1. The van der Waals surface area contributed by atoms with Crippen molar-refractivity contribution in [2.75, 3.05) is 6.54 Å². The lowest BCUT2D eigenvalue weighted by molar-refractivity contribution is 0.0590. The average molecular weight is 350 g/mol. The highest BCUT2D eigenvalue weighted by Crippen LogP contribution is 2.24. The monoisotopic (exact) mass is 349 g/mol. The Morgan fingerprint density at radius 1 is 1.42 bits per heavy atom. The number of carbonyl (C=O) groups excluding carboxylic acids is 1. The van der Waals surface area contributed by atoms with Crippen LogP contribution in [-0.4, -0.2) is 32.9 Å². The first-order valence-electron chi connectivity index (χ1n) is 8.30. The Labute approximate surface area is 146 Å². The molecule has 0 radical (unpaired) electrons. The van der Waals surface area contributed by atoms with Gasteiger partial charge in [-0.3, -0.25) is 4.79 Å². The van der Waals surface area contributed by atoms with Gasteiger partial charge in [0, 0.05) is 36.5 Å². The molecule has 1 aliphatic heterocycles. The fraction of sp³-hybridized carbons (Fsp3) is 0.444. The molecule has 1 saturated heterocycles. The van der Waals surface area contributed by atoms with Gasteiger partial charge in [-0.25, -0.2) is 9.37 Å². The molecule has 0 spiro atoms. The third-order valence-corrected chi connectivity index (χ3v) is 4.91. The molecule has 2 aromatic rings. The summed E-state index contributed by atoms with van der Waals surface area (Å²) in [5.41, 5.74) is 0.102. The van der Waals surface area contributed by atoms with Crippen LogP contribution in [0.2, 0.25) is 5.02 Å². The second-order valence-electron chi connectivity index (χ2n) is 6.23. The van der Waals surface area contributed by atoms with Crippen molar-refractivity contribution in [1.29, 1.82) is 0 Å². The normalized spacial score (nSPS) is 18.0. The Bertz CT molecular complexity index is 731. The summed E-state index contributed by atoms with van der Waals surface area (Å²) >= 11 is 5.78. The highest BCUT2D eigenvalue weighted by atomic mass is 35.5. The summed E-state index contributed by atoms with van der Waals surface area (Å²) in [4.78, 5) is 18.8. The van der Waals surface area contributed by atoms with Gasteiger partial charge in [0.2, 0.25) is 0 Å². The van der Waals surface area contributed by atoms with Gasteiger partial charge in [0.1, 0.15) is 11.6 Å². The van der Waals surface area contributed by atoms with Crippen molar-refractivity contribution in [2.45, 2.75) is 45.2 Å². The van der Waals surface area contributed by atoms with Crippen LogP contribution < -0.4 is 0 Å². The lowest BCUT2D eigenvalue weighted by Gasteiger charge is -2.36. The number of amides is 1. The summed E-state index contributed by atoms with van der Waals surface area (Å²) in [5.74, 6) is 0.172. The van der Waals surface area contributed by atoms with Crippen molar-refractivity contribution in [3.8, 4) is 0 Å². The van der Waals surface area contributed by atoms with Gasteiger partial charge in [-0.15, -0.1) is 0 Å². The number of aromatic nitrogens is 2. The van der Waals surface area contributed by atoms with E-state index in [-0.39, 0.29) is 17.5 Å². The Hall–Kier alpha value is -1.88. The zero-order valence-electron chi connectivity index (χ0n) is 13.7. The molecule has 3 rings (SSSR count). The van der Waals surface area contributed by atoms with E-state index in [1.807, 2.05) is 18.0 Å². The molecule has 1 aromatic carbocycles. The minimum atomic E-state index is -0.553. The Morgan fingerprint density at radius 2 is 2.25 bits per heavy atom. The predicted octanol–water partition coefficient (Wildman–Crippen LogP) is 4.07. The molecular formula is C18H21ClFN3O. The molecular weight excluding hydrogens is 329 g/mol. The number of nitrogens with zero attached hydrogens (tertiary/aromatic N) is 3. The zero-order chi connectivity index (χ0) is 17.1. The number of benzene rings is 1. The predicted molar refractivity (Wildman–Crippen MR) is 91.7 cm³/mol. The van der Waals surface area contributed by atoms with Crippen LogP contribution in [0.15, 0.2) is 30.6 Å². The Kier molecular flexibility index (Phi) is 5.19. The van der Waals surface area contributed by atoms with E-state index in [0.717, 1.165) is 38.1 Å².